The SMILES string of the molecule is CCCC(C(=O)OC)N1c2ccccc2C(C)CC1(C)C. The zero-order valence-electron chi connectivity index (χ0n) is 13.8. The van der Waals surface area contributed by atoms with E-state index in [1.54, 1.807) is 0 Å². The molecule has 1 aliphatic heterocycles. The Kier molecular flexibility index (Phi) is 4.60. The Morgan fingerprint density at radius 2 is 2.10 bits per heavy atom. The predicted molar refractivity (Wildman–Crippen MR) is 86.7 cm³/mol. The first-order valence-corrected chi connectivity index (χ1v) is 7.88. The lowest BCUT2D eigenvalue weighted by molar-refractivity contribution is -0.142. The second-order valence-corrected chi connectivity index (χ2v) is 6.67. The van der Waals surface area contributed by atoms with Crippen molar-refractivity contribution >= 4 is 11.7 Å². The Morgan fingerprint density at radius 3 is 2.71 bits per heavy atom. The molecule has 0 spiro atoms. The standard InChI is InChI=1S/C18H27NO2/c1-6-9-16(17(20)21-5)19-15-11-8-7-10-14(15)13(2)12-18(19,3)4/h7-8,10-11,13,16H,6,9,12H2,1-5H3. The van der Waals surface area contributed by atoms with Crippen molar-refractivity contribution in [2.75, 3.05) is 12.0 Å². The number of para-hydroxylation sites is 1. The van der Waals surface area contributed by atoms with Gasteiger partial charge >= 0.3 is 5.97 Å². The summed E-state index contributed by atoms with van der Waals surface area (Å²) in [4.78, 5) is 14.6. The fraction of sp³-hybridized carbons (Fsp3) is 0.611. The summed E-state index contributed by atoms with van der Waals surface area (Å²) in [7, 11) is 1.48. The van der Waals surface area contributed by atoms with Gasteiger partial charge in [-0.05, 0) is 44.2 Å². The van der Waals surface area contributed by atoms with Crippen LogP contribution in [-0.4, -0.2) is 24.7 Å². The van der Waals surface area contributed by atoms with Crippen molar-refractivity contribution in [3.63, 3.8) is 0 Å². The lowest BCUT2D eigenvalue weighted by Crippen LogP contribution is -2.56. The van der Waals surface area contributed by atoms with Crippen molar-refractivity contribution in [3.05, 3.63) is 29.8 Å². The van der Waals surface area contributed by atoms with Crippen LogP contribution < -0.4 is 4.90 Å². The van der Waals surface area contributed by atoms with Gasteiger partial charge in [0.2, 0.25) is 0 Å². The Bertz CT molecular complexity index is 510. The average Bonchev–Trinajstić information content (AvgIpc) is 2.44. The van der Waals surface area contributed by atoms with E-state index in [0.29, 0.717) is 5.92 Å². The third-order valence-corrected chi connectivity index (χ3v) is 4.53. The lowest BCUT2D eigenvalue weighted by Gasteiger charge is -2.50. The van der Waals surface area contributed by atoms with Gasteiger partial charge in [0.25, 0.3) is 0 Å². The van der Waals surface area contributed by atoms with E-state index in [1.165, 1.54) is 18.4 Å². The zero-order valence-corrected chi connectivity index (χ0v) is 13.8. The van der Waals surface area contributed by atoms with Crippen LogP contribution in [0.4, 0.5) is 5.69 Å². The number of anilines is 1. The molecule has 1 aliphatic rings. The van der Waals surface area contributed by atoms with E-state index in [1.807, 2.05) is 0 Å². The van der Waals surface area contributed by atoms with E-state index in [0.717, 1.165) is 19.3 Å². The highest BCUT2D eigenvalue weighted by Crippen LogP contribution is 2.44. The van der Waals surface area contributed by atoms with Crippen LogP contribution in [0.15, 0.2) is 24.3 Å². The summed E-state index contributed by atoms with van der Waals surface area (Å²) in [6.45, 7) is 8.84. The predicted octanol–water partition coefficient (Wildman–Crippen LogP) is 4.12. The molecule has 1 heterocycles. The van der Waals surface area contributed by atoms with Gasteiger partial charge < -0.3 is 9.64 Å². The van der Waals surface area contributed by atoms with Crippen LogP contribution in [0, 0.1) is 0 Å². The van der Waals surface area contributed by atoms with Gasteiger partial charge in [-0.1, -0.05) is 38.5 Å². The number of nitrogens with zero attached hydrogens (tertiary/aromatic N) is 1. The van der Waals surface area contributed by atoms with Gasteiger partial charge in [-0.25, -0.2) is 4.79 Å². The number of fused-ring (bicyclic) bond motifs is 1. The quantitative estimate of drug-likeness (QED) is 0.781. The zero-order chi connectivity index (χ0) is 15.6. The molecule has 0 N–H and O–H groups in total. The Balaban J connectivity index is 2.52. The first-order valence-electron chi connectivity index (χ1n) is 7.88. The fourth-order valence-corrected chi connectivity index (χ4v) is 3.76. The normalized spacial score (nSPS) is 21.6. The highest BCUT2D eigenvalue weighted by atomic mass is 16.5. The molecule has 2 rings (SSSR count). The molecule has 0 aromatic heterocycles. The minimum Gasteiger partial charge on any atom is -0.467 e. The molecule has 1 aromatic rings. The smallest absolute Gasteiger partial charge is 0.328 e. The molecule has 0 saturated heterocycles. The molecular formula is C18H27NO2. The molecule has 0 bridgehead atoms. The maximum Gasteiger partial charge on any atom is 0.328 e. The summed E-state index contributed by atoms with van der Waals surface area (Å²) in [6, 6.07) is 8.25. The largest absolute Gasteiger partial charge is 0.467 e. The van der Waals surface area contributed by atoms with Crippen LogP contribution in [-0.2, 0) is 9.53 Å². The molecule has 0 fully saturated rings. The summed E-state index contributed by atoms with van der Waals surface area (Å²) in [5.41, 5.74) is 2.47. The summed E-state index contributed by atoms with van der Waals surface area (Å²) in [5, 5.41) is 0. The van der Waals surface area contributed by atoms with Gasteiger partial charge in [-0.3, -0.25) is 0 Å². The summed E-state index contributed by atoms with van der Waals surface area (Å²) < 4.78 is 5.07. The number of esters is 1. The van der Waals surface area contributed by atoms with E-state index in [-0.39, 0.29) is 17.6 Å². The molecule has 0 amide bonds. The summed E-state index contributed by atoms with van der Waals surface area (Å²) >= 11 is 0. The topological polar surface area (TPSA) is 29.5 Å². The third-order valence-electron chi connectivity index (χ3n) is 4.53. The van der Waals surface area contributed by atoms with Gasteiger partial charge in [-0.2, -0.15) is 0 Å². The van der Waals surface area contributed by atoms with Crippen LogP contribution in [0.2, 0.25) is 0 Å². The van der Waals surface area contributed by atoms with Crippen molar-refractivity contribution in [2.45, 2.75) is 64.5 Å². The number of methoxy groups -OCH3 is 1. The Morgan fingerprint density at radius 1 is 1.43 bits per heavy atom. The summed E-state index contributed by atoms with van der Waals surface area (Å²) in [6.07, 6.45) is 2.82. The maximum atomic E-state index is 12.3. The van der Waals surface area contributed by atoms with Crippen molar-refractivity contribution < 1.29 is 9.53 Å². The molecule has 2 unspecified atom stereocenters. The molecule has 116 valence electrons. The number of ether oxygens (including phenoxy) is 1. The molecule has 1 aromatic carbocycles. The van der Waals surface area contributed by atoms with Crippen LogP contribution in [0.5, 0.6) is 0 Å². The Labute approximate surface area is 128 Å². The number of rotatable bonds is 4. The van der Waals surface area contributed by atoms with Crippen LogP contribution in [0.25, 0.3) is 0 Å². The molecule has 0 aliphatic carbocycles. The maximum absolute atomic E-state index is 12.3. The highest BCUT2D eigenvalue weighted by Gasteiger charge is 2.42. The summed E-state index contributed by atoms with van der Waals surface area (Å²) in [5.74, 6) is 0.377. The van der Waals surface area contributed by atoms with Gasteiger partial charge in [-0.15, -0.1) is 0 Å². The molecular weight excluding hydrogens is 262 g/mol. The molecule has 0 saturated carbocycles. The van der Waals surface area contributed by atoms with Crippen molar-refractivity contribution in [3.8, 4) is 0 Å². The average molecular weight is 289 g/mol. The lowest BCUT2D eigenvalue weighted by atomic mass is 9.79. The molecule has 21 heavy (non-hydrogen) atoms. The van der Waals surface area contributed by atoms with E-state index in [9.17, 15) is 4.79 Å². The second kappa shape index (κ2) is 6.08. The minimum atomic E-state index is -0.205. The van der Waals surface area contributed by atoms with Crippen LogP contribution >= 0.6 is 0 Å². The number of hydrogen-bond donors (Lipinski definition) is 0. The highest BCUT2D eigenvalue weighted by molar-refractivity contribution is 5.81. The van der Waals surface area contributed by atoms with Crippen LogP contribution in [0.1, 0.15) is 58.4 Å². The fourth-order valence-electron chi connectivity index (χ4n) is 3.76. The number of carbonyl (C=O) groups excluding carboxylic acids is 1. The molecule has 0 radical (unpaired) electrons. The first kappa shape index (κ1) is 15.9. The first-order chi connectivity index (χ1) is 9.92. The van der Waals surface area contributed by atoms with Crippen molar-refractivity contribution in [1.29, 1.82) is 0 Å². The second-order valence-electron chi connectivity index (χ2n) is 6.67. The Hall–Kier alpha value is -1.51. The number of carbonyl (C=O) groups is 1. The van der Waals surface area contributed by atoms with Gasteiger partial charge in [0.15, 0.2) is 0 Å². The molecule has 2 atom stereocenters. The number of hydrogen-bond acceptors (Lipinski definition) is 3. The van der Waals surface area contributed by atoms with Gasteiger partial charge in [0, 0.05) is 11.2 Å². The van der Waals surface area contributed by atoms with E-state index < -0.39 is 0 Å². The van der Waals surface area contributed by atoms with E-state index >= 15 is 0 Å². The van der Waals surface area contributed by atoms with Crippen LogP contribution in [0.3, 0.4) is 0 Å². The molecule has 3 nitrogen and oxygen atoms in total. The van der Waals surface area contributed by atoms with E-state index in [2.05, 4.69) is 56.9 Å². The molecule has 3 heteroatoms. The van der Waals surface area contributed by atoms with Gasteiger partial charge in [0.1, 0.15) is 6.04 Å². The van der Waals surface area contributed by atoms with Gasteiger partial charge in [0.05, 0.1) is 7.11 Å². The number of benzene rings is 1. The monoisotopic (exact) mass is 289 g/mol. The van der Waals surface area contributed by atoms with Crippen molar-refractivity contribution in [2.24, 2.45) is 0 Å². The van der Waals surface area contributed by atoms with Crippen molar-refractivity contribution in [1.82, 2.24) is 0 Å². The minimum absolute atomic E-state index is 0.0538. The van der Waals surface area contributed by atoms with E-state index in [4.69, 9.17) is 4.74 Å². The third kappa shape index (κ3) is 2.92.